The molecule has 184 valence electrons. The number of aryl methyl sites for hydroxylation is 1. The summed E-state index contributed by atoms with van der Waals surface area (Å²) < 4.78 is 12.4. The molecule has 0 aliphatic rings. The monoisotopic (exact) mass is 487 g/mol. The molecule has 0 unspecified atom stereocenters. The Morgan fingerprint density at radius 3 is 2.58 bits per heavy atom. The van der Waals surface area contributed by atoms with Crippen LogP contribution in [-0.2, 0) is 11.4 Å². The minimum absolute atomic E-state index is 0.0609. The van der Waals surface area contributed by atoms with E-state index in [9.17, 15) is 19.8 Å². The van der Waals surface area contributed by atoms with E-state index in [1.165, 1.54) is 6.07 Å². The number of ether oxygens (including phenoxy) is 2. The molecule has 0 fully saturated rings. The second-order valence-corrected chi connectivity index (χ2v) is 8.18. The van der Waals surface area contributed by atoms with E-state index >= 15 is 0 Å². The summed E-state index contributed by atoms with van der Waals surface area (Å²) in [5.74, 6) is -1.15. The van der Waals surface area contributed by atoms with Gasteiger partial charge in [0.1, 0.15) is 29.9 Å². The van der Waals surface area contributed by atoms with E-state index in [1.54, 1.807) is 30.6 Å². The summed E-state index contributed by atoms with van der Waals surface area (Å²) in [6, 6.07) is 17.9. The zero-order chi connectivity index (χ0) is 25.5. The number of aromatic amines is 1. The number of carboxylic acid groups (broad SMARTS) is 2. The van der Waals surface area contributed by atoms with Crippen LogP contribution in [-0.4, -0.2) is 37.3 Å². The molecule has 0 bridgehead atoms. The van der Waals surface area contributed by atoms with Crippen LogP contribution in [0, 0.1) is 6.92 Å². The Hall–Kier alpha value is -4.66. The smallest absolute Gasteiger partial charge is 0.353 e. The molecular formula is C27H25N3O6. The molecule has 0 saturated heterocycles. The maximum absolute atomic E-state index is 11.4. The summed E-state index contributed by atoms with van der Waals surface area (Å²) in [7, 11) is 0. The first-order valence-corrected chi connectivity index (χ1v) is 11.3. The van der Waals surface area contributed by atoms with Crippen LogP contribution in [0.25, 0.3) is 11.3 Å². The molecule has 2 aromatic heterocycles. The van der Waals surface area contributed by atoms with Gasteiger partial charge in [-0.3, -0.25) is 14.9 Å². The van der Waals surface area contributed by atoms with Gasteiger partial charge in [-0.1, -0.05) is 30.3 Å². The molecule has 4 aromatic rings. The zero-order valence-corrected chi connectivity index (χ0v) is 19.5. The van der Waals surface area contributed by atoms with Crippen molar-refractivity contribution >= 4 is 11.9 Å². The average Bonchev–Trinajstić information content (AvgIpc) is 3.37. The van der Waals surface area contributed by atoms with Crippen molar-refractivity contribution in [3.63, 3.8) is 0 Å². The van der Waals surface area contributed by atoms with Crippen LogP contribution in [0.3, 0.4) is 0 Å². The van der Waals surface area contributed by atoms with Gasteiger partial charge in [0.25, 0.3) is 0 Å². The van der Waals surface area contributed by atoms with Crippen LogP contribution in [0.15, 0.2) is 73.1 Å². The van der Waals surface area contributed by atoms with Crippen molar-refractivity contribution < 1.29 is 29.3 Å². The third-order valence-electron chi connectivity index (χ3n) is 5.59. The molecule has 1 atom stereocenters. The quantitative estimate of drug-likeness (QED) is 0.268. The number of carboxylic acids is 2. The first-order chi connectivity index (χ1) is 17.4. The first-order valence-electron chi connectivity index (χ1n) is 11.3. The maximum atomic E-state index is 11.4. The number of rotatable bonds is 11. The molecule has 0 amide bonds. The lowest BCUT2D eigenvalue weighted by Gasteiger charge is -2.23. The number of pyridine rings is 1. The van der Waals surface area contributed by atoms with Crippen molar-refractivity contribution in [3.8, 4) is 22.8 Å². The molecule has 0 radical (unpaired) electrons. The highest BCUT2D eigenvalue weighted by molar-refractivity contribution is 5.87. The maximum Gasteiger partial charge on any atom is 0.353 e. The van der Waals surface area contributed by atoms with Gasteiger partial charge in [-0.15, -0.1) is 0 Å². The van der Waals surface area contributed by atoms with Crippen LogP contribution < -0.4 is 9.47 Å². The van der Waals surface area contributed by atoms with E-state index in [0.29, 0.717) is 29.4 Å². The summed E-state index contributed by atoms with van der Waals surface area (Å²) >= 11 is 0. The highest BCUT2D eigenvalue weighted by Crippen LogP contribution is 2.37. The van der Waals surface area contributed by atoms with E-state index in [0.717, 1.165) is 16.7 Å². The Kier molecular flexibility index (Phi) is 7.60. The van der Waals surface area contributed by atoms with Gasteiger partial charge >= 0.3 is 11.9 Å². The fourth-order valence-electron chi connectivity index (χ4n) is 3.75. The topological polar surface area (TPSA) is 135 Å². The number of hydrogen-bond acceptors (Lipinski definition) is 6. The van der Waals surface area contributed by atoms with Crippen molar-refractivity contribution in [1.29, 1.82) is 0 Å². The zero-order valence-electron chi connectivity index (χ0n) is 19.5. The minimum Gasteiger partial charge on any atom is -0.489 e. The van der Waals surface area contributed by atoms with Crippen molar-refractivity contribution in [2.24, 2.45) is 0 Å². The van der Waals surface area contributed by atoms with Gasteiger partial charge in [-0.25, -0.2) is 4.79 Å². The number of aliphatic carboxylic acids is 1. The lowest BCUT2D eigenvalue weighted by atomic mass is 9.99. The fraction of sp³-hybridized carbons (Fsp3) is 0.185. The van der Waals surface area contributed by atoms with Crippen LogP contribution >= 0.6 is 0 Å². The fourth-order valence-corrected chi connectivity index (χ4v) is 3.75. The number of aromatic carboxylic acids is 1. The van der Waals surface area contributed by atoms with E-state index in [-0.39, 0.29) is 18.5 Å². The Balaban J connectivity index is 1.70. The number of nitrogens with zero attached hydrogens (tertiary/aromatic N) is 2. The van der Waals surface area contributed by atoms with Crippen molar-refractivity contribution in [3.05, 3.63) is 95.4 Å². The van der Waals surface area contributed by atoms with Crippen molar-refractivity contribution in [2.45, 2.75) is 32.5 Å². The van der Waals surface area contributed by atoms with Gasteiger partial charge in [0.05, 0.1) is 5.69 Å². The number of benzene rings is 2. The van der Waals surface area contributed by atoms with Crippen molar-refractivity contribution in [1.82, 2.24) is 15.2 Å². The highest BCUT2D eigenvalue weighted by Gasteiger charge is 2.21. The number of H-pyrrole nitrogens is 1. The molecule has 0 saturated carbocycles. The predicted molar refractivity (Wildman–Crippen MR) is 131 cm³/mol. The lowest BCUT2D eigenvalue weighted by Crippen LogP contribution is -2.12. The second-order valence-electron chi connectivity index (χ2n) is 8.18. The molecule has 3 N–H and O–H groups in total. The number of carbonyl (C=O) groups is 2. The van der Waals surface area contributed by atoms with Gasteiger partial charge in [0.15, 0.2) is 0 Å². The third kappa shape index (κ3) is 6.06. The minimum atomic E-state index is -1.13. The molecule has 2 heterocycles. The van der Waals surface area contributed by atoms with E-state index < -0.39 is 18.0 Å². The summed E-state index contributed by atoms with van der Waals surface area (Å²) in [4.78, 5) is 26.8. The van der Waals surface area contributed by atoms with E-state index in [1.807, 2.05) is 43.3 Å². The van der Waals surface area contributed by atoms with Crippen molar-refractivity contribution in [2.75, 3.05) is 0 Å². The summed E-state index contributed by atoms with van der Waals surface area (Å²) in [6.45, 7) is 2.23. The Morgan fingerprint density at radius 2 is 1.89 bits per heavy atom. The lowest BCUT2D eigenvalue weighted by molar-refractivity contribution is -0.137. The van der Waals surface area contributed by atoms with Crippen LogP contribution in [0.4, 0.5) is 0 Å². The summed E-state index contributed by atoms with van der Waals surface area (Å²) in [5.41, 5.74) is 3.58. The van der Waals surface area contributed by atoms with Gasteiger partial charge in [0.2, 0.25) is 0 Å². The van der Waals surface area contributed by atoms with E-state index in [2.05, 4.69) is 15.2 Å². The Labute approximate surface area is 207 Å². The second kappa shape index (κ2) is 11.2. The molecule has 9 heteroatoms. The number of hydrogen-bond donors (Lipinski definition) is 3. The Bertz CT molecular complexity index is 1350. The van der Waals surface area contributed by atoms with E-state index in [4.69, 9.17) is 9.47 Å². The molecule has 2 aromatic carbocycles. The van der Waals surface area contributed by atoms with Gasteiger partial charge in [-0.05, 0) is 48.7 Å². The molecule has 36 heavy (non-hydrogen) atoms. The molecule has 9 nitrogen and oxygen atoms in total. The molecule has 0 spiro atoms. The standard InChI is InChI=1S/C27H25N3O6/c1-17-5-2-3-7-20(17)24(10-11-26(31)32)36-25-13-19(35-16-18-6-4-12-28-15-18)8-9-21(25)22-14-23(27(33)34)30-29-22/h2-9,12-15,24H,10-11,16H2,1H3,(H,29,30)(H,31,32)(H,33,34)/t24-/m0/s1. The summed E-state index contributed by atoms with van der Waals surface area (Å²) in [6.07, 6.45) is 2.98. The van der Waals surface area contributed by atoms with Gasteiger partial charge < -0.3 is 19.7 Å². The molecule has 4 rings (SSSR count). The van der Waals surface area contributed by atoms with Gasteiger partial charge in [-0.2, -0.15) is 5.10 Å². The number of aromatic nitrogens is 3. The highest BCUT2D eigenvalue weighted by atomic mass is 16.5. The predicted octanol–water partition coefficient (Wildman–Crippen LogP) is 5.04. The van der Waals surface area contributed by atoms with Crippen LogP contribution in [0.2, 0.25) is 0 Å². The molecular weight excluding hydrogens is 462 g/mol. The number of nitrogens with one attached hydrogen (secondary N) is 1. The first kappa shape index (κ1) is 24.5. The molecule has 0 aliphatic carbocycles. The SMILES string of the molecule is Cc1ccccc1[C@H](CCC(=O)O)Oc1cc(OCc2cccnc2)ccc1-c1cc(C(=O)O)[nH]n1. The Morgan fingerprint density at radius 1 is 1.06 bits per heavy atom. The normalized spacial score (nSPS) is 11.6. The average molecular weight is 488 g/mol. The van der Waals surface area contributed by atoms with Gasteiger partial charge in [0, 0.05) is 36.0 Å². The summed E-state index contributed by atoms with van der Waals surface area (Å²) in [5, 5.41) is 25.2. The third-order valence-corrected chi connectivity index (χ3v) is 5.59. The van der Waals surface area contributed by atoms with Crippen LogP contribution in [0.1, 0.15) is 46.1 Å². The largest absolute Gasteiger partial charge is 0.489 e. The van der Waals surface area contributed by atoms with Crippen LogP contribution in [0.5, 0.6) is 11.5 Å². The molecule has 0 aliphatic heterocycles.